The Bertz CT molecular complexity index is 132. The molecule has 0 aliphatic heterocycles. The van der Waals surface area contributed by atoms with Gasteiger partial charge in [-0.2, -0.15) is 0 Å². The third-order valence-corrected chi connectivity index (χ3v) is 1.50. The van der Waals surface area contributed by atoms with Gasteiger partial charge in [0.15, 0.2) is 0 Å². The predicted octanol–water partition coefficient (Wildman–Crippen LogP) is 1.63. The van der Waals surface area contributed by atoms with Gasteiger partial charge in [-0.15, -0.1) is 5.73 Å². The SMILES string of the molecule is OC1C=C=CCCCC1. The van der Waals surface area contributed by atoms with E-state index < -0.39 is 0 Å². The lowest BCUT2D eigenvalue weighted by Gasteiger charge is -2.03. The van der Waals surface area contributed by atoms with E-state index in [0.717, 1.165) is 19.3 Å². The zero-order valence-electron chi connectivity index (χ0n) is 5.51. The maximum absolute atomic E-state index is 9.08. The quantitative estimate of drug-likeness (QED) is 0.487. The lowest BCUT2D eigenvalue weighted by atomic mass is 10.1. The van der Waals surface area contributed by atoms with Gasteiger partial charge in [-0.3, -0.25) is 0 Å². The molecule has 0 fully saturated rings. The van der Waals surface area contributed by atoms with Crippen LogP contribution in [0.5, 0.6) is 0 Å². The molecular weight excluding hydrogens is 112 g/mol. The standard InChI is InChI=1S/C8H12O/c9-8-6-4-2-1-3-5-7-8/h2,6,8-9H,1,3,5,7H2. The second-order valence-electron chi connectivity index (χ2n) is 2.39. The summed E-state index contributed by atoms with van der Waals surface area (Å²) >= 11 is 0. The van der Waals surface area contributed by atoms with Crippen molar-refractivity contribution in [1.29, 1.82) is 0 Å². The molecule has 1 aliphatic rings. The van der Waals surface area contributed by atoms with Crippen molar-refractivity contribution in [2.24, 2.45) is 0 Å². The Hall–Kier alpha value is -0.520. The molecule has 1 aliphatic carbocycles. The molecule has 0 aromatic heterocycles. The Morgan fingerprint density at radius 3 is 3.22 bits per heavy atom. The summed E-state index contributed by atoms with van der Waals surface area (Å²) in [5, 5.41) is 9.08. The Labute approximate surface area is 55.7 Å². The fraction of sp³-hybridized carbons (Fsp3) is 0.625. The molecule has 0 amide bonds. The Balaban J connectivity index is 2.48. The van der Waals surface area contributed by atoms with Crippen LogP contribution in [0.4, 0.5) is 0 Å². The van der Waals surface area contributed by atoms with Crippen LogP contribution in [0.2, 0.25) is 0 Å². The molecule has 0 aromatic rings. The van der Waals surface area contributed by atoms with Crippen LogP contribution in [0.3, 0.4) is 0 Å². The highest BCUT2D eigenvalue weighted by atomic mass is 16.3. The number of aliphatic hydroxyl groups excluding tert-OH is 1. The summed E-state index contributed by atoms with van der Waals surface area (Å²) in [6.45, 7) is 0. The summed E-state index contributed by atoms with van der Waals surface area (Å²) in [6.07, 6.45) is 7.82. The fourth-order valence-electron chi connectivity index (χ4n) is 0.946. The maximum atomic E-state index is 9.08. The molecule has 1 N–H and O–H groups in total. The molecule has 1 nitrogen and oxygen atoms in total. The van der Waals surface area contributed by atoms with Crippen molar-refractivity contribution in [3.05, 3.63) is 17.9 Å². The lowest BCUT2D eigenvalue weighted by Crippen LogP contribution is -2.01. The van der Waals surface area contributed by atoms with Crippen LogP contribution in [0.25, 0.3) is 0 Å². The molecular formula is C8H12O. The van der Waals surface area contributed by atoms with E-state index in [0.29, 0.717) is 0 Å². The Morgan fingerprint density at radius 1 is 1.44 bits per heavy atom. The summed E-state index contributed by atoms with van der Waals surface area (Å²) in [4.78, 5) is 0. The molecule has 9 heavy (non-hydrogen) atoms. The van der Waals surface area contributed by atoms with E-state index in [1.54, 1.807) is 6.08 Å². The molecule has 0 spiro atoms. The van der Waals surface area contributed by atoms with E-state index in [1.807, 2.05) is 6.08 Å². The van der Waals surface area contributed by atoms with Crippen molar-refractivity contribution in [3.8, 4) is 0 Å². The van der Waals surface area contributed by atoms with Gasteiger partial charge < -0.3 is 5.11 Å². The summed E-state index contributed by atoms with van der Waals surface area (Å²) < 4.78 is 0. The first-order valence-corrected chi connectivity index (χ1v) is 3.49. The molecule has 0 saturated heterocycles. The highest BCUT2D eigenvalue weighted by molar-refractivity contribution is 4.91. The van der Waals surface area contributed by atoms with Gasteiger partial charge in [0.2, 0.25) is 0 Å². The van der Waals surface area contributed by atoms with Crippen LogP contribution in [0, 0.1) is 0 Å². The topological polar surface area (TPSA) is 20.2 Å². The summed E-state index contributed by atoms with van der Waals surface area (Å²) in [5.74, 6) is 0. The normalized spacial score (nSPS) is 27.4. The van der Waals surface area contributed by atoms with Crippen LogP contribution < -0.4 is 0 Å². The molecule has 0 heterocycles. The smallest absolute Gasteiger partial charge is 0.0794 e. The molecule has 1 rings (SSSR count). The second kappa shape index (κ2) is 3.49. The molecule has 0 radical (unpaired) electrons. The monoisotopic (exact) mass is 124 g/mol. The minimum Gasteiger partial charge on any atom is -0.388 e. The van der Waals surface area contributed by atoms with E-state index in [1.165, 1.54) is 6.42 Å². The number of hydrogen-bond acceptors (Lipinski definition) is 1. The molecule has 1 unspecified atom stereocenters. The molecule has 1 atom stereocenters. The average molecular weight is 124 g/mol. The number of hydrogen-bond donors (Lipinski definition) is 1. The van der Waals surface area contributed by atoms with Crippen LogP contribution in [-0.4, -0.2) is 11.2 Å². The Kier molecular flexibility index (Phi) is 2.56. The minimum atomic E-state index is -0.249. The van der Waals surface area contributed by atoms with Gasteiger partial charge >= 0.3 is 0 Å². The zero-order chi connectivity index (χ0) is 6.53. The van der Waals surface area contributed by atoms with Crippen molar-refractivity contribution in [3.63, 3.8) is 0 Å². The number of rotatable bonds is 0. The maximum Gasteiger partial charge on any atom is 0.0794 e. The van der Waals surface area contributed by atoms with E-state index in [9.17, 15) is 0 Å². The second-order valence-corrected chi connectivity index (χ2v) is 2.39. The predicted molar refractivity (Wildman–Crippen MR) is 37.1 cm³/mol. The van der Waals surface area contributed by atoms with Crippen molar-refractivity contribution < 1.29 is 5.11 Å². The van der Waals surface area contributed by atoms with Crippen molar-refractivity contribution in [2.75, 3.05) is 0 Å². The Morgan fingerprint density at radius 2 is 2.33 bits per heavy atom. The first-order valence-electron chi connectivity index (χ1n) is 3.49. The van der Waals surface area contributed by atoms with Crippen molar-refractivity contribution in [1.82, 2.24) is 0 Å². The van der Waals surface area contributed by atoms with Crippen LogP contribution >= 0.6 is 0 Å². The molecule has 0 saturated carbocycles. The fourth-order valence-corrected chi connectivity index (χ4v) is 0.946. The van der Waals surface area contributed by atoms with E-state index in [2.05, 4.69) is 5.73 Å². The molecule has 0 bridgehead atoms. The third-order valence-electron chi connectivity index (χ3n) is 1.50. The van der Waals surface area contributed by atoms with Gasteiger partial charge in [0.1, 0.15) is 0 Å². The van der Waals surface area contributed by atoms with E-state index in [-0.39, 0.29) is 6.10 Å². The van der Waals surface area contributed by atoms with Gasteiger partial charge in [-0.05, 0) is 31.4 Å². The van der Waals surface area contributed by atoms with Crippen LogP contribution in [0.15, 0.2) is 17.9 Å². The zero-order valence-corrected chi connectivity index (χ0v) is 5.51. The van der Waals surface area contributed by atoms with Gasteiger partial charge in [0.25, 0.3) is 0 Å². The van der Waals surface area contributed by atoms with Crippen molar-refractivity contribution >= 4 is 0 Å². The third kappa shape index (κ3) is 2.50. The van der Waals surface area contributed by atoms with Gasteiger partial charge in [0.05, 0.1) is 6.10 Å². The van der Waals surface area contributed by atoms with E-state index in [4.69, 9.17) is 5.11 Å². The summed E-state index contributed by atoms with van der Waals surface area (Å²) in [7, 11) is 0. The largest absolute Gasteiger partial charge is 0.388 e. The van der Waals surface area contributed by atoms with Crippen molar-refractivity contribution in [2.45, 2.75) is 31.8 Å². The average Bonchev–Trinajstić information content (AvgIpc) is 1.79. The summed E-state index contributed by atoms with van der Waals surface area (Å²) in [5.41, 5.74) is 2.94. The minimum absolute atomic E-state index is 0.249. The molecule has 0 aromatic carbocycles. The first-order chi connectivity index (χ1) is 4.39. The summed E-state index contributed by atoms with van der Waals surface area (Å²) in [6, 6.07) is 0. The van der Waals surface area contributed by atoms with Gasteiger partial charge in [-0.1, -0.05) is 6.42 Å². The van der Waals surface area contributed by atoms with Gasteiger partial charge in [0, 0.05) is 0 Å². The first kappa shape index (κ1) is 6.60. The highest BCUT2D eigenvalue weighted by Gasteiger charge is 1.98. The van der Waals surface area contributed by atoms with E-state index >= 15 is 0 Å². The number of aliphatic hydroxyl groups is 1. The van der Waals surface area contributed by atoms with Crippen LogP contribution in [-0.2, 0) is 0 Å². The molecule has 50 valence electrons. The van der Waals surface area contributed by atoms with Crippen LogP contribution in [0.1, 0.15) is 25.7 Å². The van der Waals surface area contributed by atoms with Gasteiger partial charge in [-0.25, -0.2) is 0 Å². The lowest BCUT2D eigenvalue weighted by molar-refractivity contribution is 0.208. The molecule has 1 heteroatoms. The highest BCUT2D eigenvalue weighted by Crippen LogP contribution is 2.06.